The van der Waals surface area contributed by atoms with Crippen LogP contribution >= 0.6 is 23.2 Å². The molecule has 2 aliphatic rings. The van der Waals surface area contributed by atoms with Gasteiger partial charge in [-0.25, -0.2) is 0 Å². The van der Waals surface area contributed by atoms with E-state index < -0.39 is 4.33 Å². The zero-order chi connectivity index (χ0) is 9.85. The Labute approximate surface area is 91.0 Å². The van der Waals surface area contributed by atoms with Crippen LogP contribution in [0.25, 0.3) is 0 Å². The summed E-state index contributed by atoms with van der Waals surface area (Å²) in [5.41, 5.74) is 0.238. The molecule has 0 aromatic rings. The van der Waals surface area contributed by atoms with Gasteiger partial charge >= 0.3 is 0 Å². The fourth-order valence-electron chi connectivity index (χ4n) is 2.93. The van der Waals surface area contributed by atoms with E-state index in [0.717, 1.165) is 11.8 Å². The molecule has 0 amide bonds. The summed E-state index contributed by atoms with van der Waals surface area (Å²) < 4.78 is -0.406. The zero-order valence-corrected chi connectivity index (χ0v) is 10.1. The second kappa shape index (κ2) is 2.79. The van der Waals surface area contributed by atoms with E-state index in [1.165, 1.54) is 19.3 Å². The van der Waals surface area contributed by atoms with Gasteiger partial charge in [0.15, 0.2) is 0 Å². The van der Waals surface area contributed by atoms with Crippen LogP contribution in [0.4, 0.5) is 0 Å². The first-order chi connectivity index (χ1) is 5.89. The molecule has 3 atom stereocenters. The largest absolute Gasteiger partial charge is 0.127 e. The molecule has 2 rings (SSSR count). The predicted molar refractivity (Wildman–Crippen MR) is 58.2 cm³/mol. The Morgan fingerprint density at radius 3 is 2.38 bits per heavy atom. The molecule has 2 saturated carbocycles. The second-order valence-corrected chi connectivity index (χ2v) is 6.76. The van der Waals surface area contributed by atoms with Crippen LogP contribution in [0.2, 0.25) is 0 Å². The van der Waals surface area contributed by atoms with Crippen LogP contribution in [-0.4, -0.2) is 4.33 Å². The van der Waals surface area contributed by atoms with Gasteiger partial charge in [-0.05, 0) is 31.1 Å². The van der Waals surface area contributed by atoms with Crippen molar-refractivity contribution in [3.05, 3.63) is 0 Å². The smallest absolute Gasteiger partial charge is 0.101 e. The molecule has 0 aromatic carbocycles. The molecular weight excluding hydrogens is 203 g/mol. The minimum absolute atomic E-state index is 0.238. The summed E-state index contributed by atoms with van der Waals surface area (Å²) in [4.78, 5) is 0. The summed E-state index contributed by atoms with van der Waals surface area (Å²) in [6, 6.07) is 0. The zero-order valence-electron chi connectivity index (χ0n) is 8.61. The topological polar surface area (TPSA) is 0 Å². The molecule has 0 N–H and O–H groups in total. The first kappa shape index (κ1) is 10.1. The summed E-state index contributed by atoms with van der Waals surface area (Å²) in [5, 5.41) is 0. The van der Waals surface area contributed by atoms with Crippen molar-refractivity contribution in [3.8, 4) is 0 Å². The molecule has 0 heterocycles. The number of rotatable bonds is 1. The van der Waals surface area contributed by atoms with Crippen LogP contribution in [0.15, 0.2) is 0 Å². The normalized spacial score (nSPS) is 47.5. The van der Waals surface area contributed by atoms with E-state index in [1.807, 2.05) is 0 Å². The fraction of sp³-hybridized carbons (Fsp3) is 1.00. The van der Waals surface area contributed by atoms with Crippen molar-refractivity contribution < 1.29 is 0 Å². The van der Waals surface area contributed by atoms with Crippen LogP contribution in [0, 0.1) is 23.2 Å². The highest BCUT2D eigenvalue weighted by Crippen LogP contribution is 2.75. The van der Waals surface area contributed by atoms with Gasteiger partial charge in [-0.2, -0.15) is 0 Å². The van der Waals surface area contributed by atoms with Gasteiger partial charge in [-0.3, -0.25) is 0 Å². The van der Waals surface area contributed by atoms with Crippen LogP contribution < -0.4 is 0 Å². The van der Waals surface area contributed by atoms with Crippen molar-refractivity contribution >= 4 is 23.2 Å². The average Bonchev–Trinajstić information content (AvgIpc) is 2.46. The SMILES string of the molecule is CC(C)[C@H]1CC[C@]2(C)C(C1)C2(Cl)Cl. The molecule has 2 heteroatoms. The van der Waals surface area contributed by atoms with Crippen molar-refractivity contribution in [3.63, 3.8) is 0 Å². The molecule has 0 spiro atoms. The van der Waals surface area contributed by atoms with Crippen molar-refractivity contribution in [2.24, 2.45) is 23.2 Å². The predicted octanol–water partition coefficient (Wildman–Crippen LogP) is 4.25. The summed E-state index contributed by atoms with van der Waals surface area (Å²) >= 11 is 12.6. The fourth-order valence-corrected chi connectivity index (χ4v) is 3.94. The molecular formula is C11H18Cl2. The van der Waals surface area contributed by atoms with Crippen molar-refractivity contribution in [1.82, 2.24) is 0 Å². The highest BCUT2D eigenvalue weighted by Gasteiger charge is 2.73. The lowest BCUT2D eigenvalue weighted by atomic mass is 9.78. The van der Waals surface area contributed by atoms with Crippen LogP contribution in [0.1, 0.15) is 40.0 Å². The van der Waals surface area contributed by atoms with Crippen molar-refractivity contribution in [1.29, 1.82) is 0 Å². The van der Waals surface area contributed by atoms with E-state index in [0.29, 0.717) is 5.92 Å². The Morgan fingerprint density at radius 2 is 1.92 bits per heavy atom. The van der Waals surface area contributed by atoms with E-state index in [-0.39, 0.29) is 5.41 Å². The maximum atomic E-state index is 6.29. The lowest BCUT2D eigenvalue weighted by Crippen LogP contribution is -2.18. The van der Waals surface area contributed by atoms with Crippen molar-refractivity contribution in [2.75, 3.05) is 0 Å². The third-order valence-corrected chi connectivity index (χ3v) is 5.79. The Hall–Kier alpha value is 0.580. The molecule has 0 nitrogen and oxygen atoms in total. The van der Waals surface area contributed by atoms with Crippen LogP contribution in [0.3, 0.4) is 0 Å². The minimum atomic E-state index is -0.406. The maximum absolute atomic E-state index is 6.29. The van der Waals surface area contributed by atoms with E-state index in [4.69, 9.17) is 23.2 Å². The first-order valence-corrected chi connectivity index (χ1v) is 6.03. The summed E-state index contributed by atoms with van der Waals surface area (Å²) in [6.45, 7) is 6.86. The minimum Gasteiger partial charge on any atom is -0.101 e. The molecule has 13 heavy (non-hydrogen) atoms. The van der Waals surface area contributed by atoms with Gasteiger partial charge in [0, 0.05) is 11.3 Å². The summed E-state index contributed by atoms with van der Waals surface area (Å²) in [6.07, 6.45) is 3.76. The molecule has 76 valence electrons. The van der Waals surface area contributed by atoms with Crippen LogP contribution in [-0.2, 0) is 0 Å². The summed E-state index contributed by atoms with van der Waals surface area (Å²) in [5.74, 6) is 2.19. The number of alkyl halides is 2. The summed E-state index contributed by atoms with van der Waals surface area (Å²) in [7, 11) is 0. The molecule has 2 aliphatic carbocycles. The second-order valence-electron chi connectivity index (χ2n) is 5.37. The molecule has 0 bridgehead atoms. The lowest BCUT2D eigenvalue weighted by Gasteiger charge is -2.27. The van der Waals surface area contributed by atoms with E-state index in [9.17, 15) is 0 Å². The Kier molecular flexibility index (Phi) is 2.17. The third kappa shape index (κ3) is 1.25. The van der Waals surface area contributed by atoms with Gasteiger partial charge < -0.3 is 0 Å². The Balaban J connectivity index is 2.06. The van der Waals surface area contributed by atoms with Gasteiger partial charge in [-0.1, -0.05) is 20.8 Å². The third-order valence-electron chi connectivity index (χ3n) is 4.40. The highest BCUT2D eigenvalue weighted by molar-refractivity contribution is 6.51. The first-order valence-electron chi connectivity index (χ1n) is 5.27. The number of fused-ring (bicyclic) bond motifs is 1. The maximum Gasteiger partial charge on any atom is 0.127 e. The van der Waals surface area contributed by atoms with E-state index in [1.54, 1.807) is 0 Å². The molecule has 0 aromatic heterocycles. The standard InChI is InChI=1S/C11H18Cl2/c1-7(2)8-4-5-10(3)9(6-8)11(10,12)13/h7-9H,4-6H2,1-3H3/t8-,9?,10+/m0/s1. The van der Waals surface area contributed by atoms with Gasteiger partial charge in [0.1, 0.15) is 4.33 Å². The monoisotopic (exact) mass is 220 g/mol. The highest BCUT2D eigenvalue weighted by atomic mass is 35.5. The molecule has 0 saturated heterocycles. The van der Waals surface area contributed by atoms with Crippen molar-refractivity contribution in [2.45, 2.75) is 44.4 Å². The van der Waals surface area contributed by atoms with Gasteiger partial charge in [0.05, 0.1) is 0 Å². The lowest BCUT2D eigenvalue weighted by molar-refractivity contribution is 0.227. The quantitative estimate of drug-likeness (QED) is 0.580. The van der Waals surface area contributed by atoms with Gasteiger partial charge in [0.2, 0.25) is 0 Å². The van der Waals surface area contributed by atoms with Crippen LogP contribution in [0.5, 0.6) is 0 Å². The molecule has 0 aliphatic heterocycles. The van der Waals surface area contributed by atoms with Gasteiger partial charge in [-0.15, -0.1) is 23.2 Å². The Morgan fingerprint density at radius 1 is 1.31 bits per heavy atom. The number of hydrogen-bond acceptors (Lipinski definition) is 0. The molecule has 2 fully saturated rings. The Bertz CT molecular complexity index is 222. The van der Waals surface area contributed by atoms with Gasteiger partial charge in [0.25, 0.3) is 0 Å². The van der Waals surface area contributed by atoms with E-state index in [2.05, 4.69) is 20.8 Å². The molecule has 1 unspecified atom stereocenters. The van der Waals surface area contributed by atoms with E-state index >= 15 is 0 Å². The number of hydrogen-bond donors (Lipinski definition) is 0. The number of halogens is 2. The average molecular weight is 221 g/mol. The molecule has 0 radical (unpaired) electrons.